The maximum absolute atomic E-state index is 12.3. The SMILES string of the molecule is Cc1ccc(CC(=O)c2ccc(Cl)cc2[N+](=O)[O-])cc1C. The van der Waals surface area contributed by atoms with Gasteiger partial charge >= 0.3 is 0 Å². The third-order valence-electron chi connectivity index (χ3n) is 3.39. The molecule has 0 aliphatic rings. The van der Waals surface area contributed by atoms with Gasteiger partial charge in [0.15, 0.2) is 5.78 Å². The highest BCUT2D eigenvalue weighted by atomic mass is 35.5. The molecule has 0 N–H and O–H groups in total. The molecular weight excluding hydrogens is 290 g/mol. The molecule has 4 nitrogen and oxygen atoms in total. The van der Waals surface area contributed by atoms with Crippen LogP contribution in [-0.4, -0.2) is 10.7 Å². The molecule has 108 valence electrons. The van der Waals surface area contributed by atoms with Gasteiger partial charge in [0.25, 0.3) is 5.69 Å². The lowest BCUT2D eigenvalue weighted by Crippen LogP contribution is -2.07. The molecule has 0 aliphatic carbocycles. The zero-order valence-corrected chi connectivity index (χ0v) is 12.5. The minimum Gasteiger partial charge on any atom is -0.294 e. The molecule has 2 aromatic rings. The van der Waals surface area contributed by atoms with Crippen molar-refractivity contribution in [2.75, 3.05) is 0 Å². The van der Waals surface area contributed by atoms with Crippen molar-refractivity contribution in [2.24, 2.45) is 0 Å². The number of aryl methyl sites for hydroxylation is 2. The summed E-state index contributed by atoms with van der Waals surface area (Å²) in [7, 11) is 0. The monoisotopic (exact) mass is 303 g/mol. The Kier molecular flexibility index (Phi) is 4.38. The summed E-state index contributed by atoms with van der Waals surface area (Å²) in [6, 6.07) is 9.83. The number of hydrogen-bond donors (Lipinski definition) is 0. The van der Waals surface area contributed by atoms with E-state index in [1.165, 1.54) is 18.2 Å². The van der Waals surface area contributed by atoms with Crippen LogP contribution in [0, 0.1) is 24.0 Å². The van der Waals surface area contributed by atoms with Gasteiger partial charge in [0.05, 0.1) is 10.5 Å². The average molecular weight is 304 g/mol. The van der Waals surface area contributed by atoms with Crippen molar-refractivity contribution in [1.29, 1.82) is 0 Å². The van der Waals surface area contributed by atoms with E-state index < -0.39 is 4.92 Å². The van der Waals surface area contributed by atoms with Gasteiger partial charge in [-0.2, -0.15) is 0 Å². The van der Waals surface area contributed by atoms with E-state index in [1.54, 1.807) is 0 Å². The van der Waals surface area contributed by atoms with Crippen LogP contribution in [0.15, 0.2) is 36.4 Å². The van der Waals surface area contributed by atoms with E-state index in [9.17, 15) is 14.9 Å². The topological polar surface area (TPSA) is 60.2 Å². The Balaban J connectivity index is 2.32. The number of carbonyl (C=O) groups is 1. The molecule has 2 rings (SSSR count). The van der Waals surface area contributed by atoms with Gasteiger partial charge in [0.2, 0.25) is 0 Å². The maximum atomic E-state index is 12.3. The zero-order valence-electron chi connectivity index (χ0n) is 11.7. The number of carbonyl (C=O) groups excluding carboxylic acids is 1. The van der Waals surface area contributed by atoms with E-state index in [4.69, 9.17) is 11.6 Å². The van der Waals surface area contributed by atoms with Crippen molar-refractivity contribution in [3.63, 3.8) is 0 Å². The second-order valence-corrected chi connectivity index (χ2v) is 5.37. The highest BCUT2D eigenvalue weighted by Crippen LogP contribution is 2.24. The molecule has 0 bridgehead atoms. The lowest BCUT2D eigenvalue weighted by atomic mass is 9.99. The minimum absolute atomic E-state index is 0.0858. The molecule has 0 spiro atoms. The fourth-order valence-electron chi connectivity index (χ4n) is 2.09. The van der Waals surface area contributed by atoms with Crippen LogP contribution in [0.2, 0.25) is 5.02 Å². The first-order chi connectivity index (χ1) is 9.88. The first-order valence-corrected chi connectivity index (χ1v) is 6.79. The summed E-state index contributed by atoms with van der Waals surface area (Å²) in [5.41, 5.74) is 2.90. The molecule has 21 heavy (non-hydrogen) atoms. The summed E-state index contributed by atoms with van der Waals surface area (Å²) in [6.45, 7) is 3.96. The third kappa shape index (κ3) is 3.47. The van der Waals surface area contributed by atoms with E-state index in [0.717, 1.165) is 16.7 Å². The van der Waals surface area contributed by atoms with Gasteiger partial charge in [-0.3, -0.25) is 14.9 Å². The minimum atomic E-state index is -0.584. The highest BCUT2D eigenvalue weighted by molar-refractivity contribution is 6.31. The van der Waals surface area contributed by atoms with Crippen LogP contribution in [0.1, 0.15) is 27.0 Å². The van der Waals surface area contributed by atoms with E-state index in [1.807, 2.05) is 32.0 Å². The van der Waals surface area contributed by atoms with Crippen LogP contribution in [0.3, 0.4) is 0 Å². The number of hydrogen-bond acceptors (Lipinski definition) is 3. The quantitative estimate of drug-likeness (QED) is 0.481. The van der Waals surface area contributed by atoms with Crippen molar-refractivity contribution in [1.82, 2.24) is 0 Å². The van der Waals surface area contributed by atoms with Crippen LogP contribution in [0.25, 0.3) is 0 Å². The number of Topliss-reactive ketones (excluding diaryl/α,β-unsaturated/α-hetero) is 1. The number of benzene rings is 2. The van der Waals surface area contributed by atoms with Crippen molar-refractivity contribution in [3.05, 3.63) is 73.8 Å². The number of halogens is 1. The predicted octanol–water partition coefficient (Wildman–Crippen LogP) is 4.29. The van der Waals surface area contributed by atoms with E-state index in [-0.39, 0.29) is 28.5 Å². The van der Waals surface area contributed by atoms with Crippen LogP contribution in [0.5, 0.6) is 0 Å². The first-order valence-electron chi connectivity index (χ1n) is 6.42. The Hall–Kier alpha value is -2.20. The molecule has 2 aromatic carbocycles. The van der Waals surface area contributed by atoms with Gasteiger partial charge in [0.1, 0.15) is 0 Å². The van der Waals surface area contributed by atoms with Crippen LogP contribution >= 0.6 is 11.6 Å². The van der Waals surface area contributed by atoms with Gasteiger partial charge < -0.3 is 0 Å². The fraction of sp³-hybridized carbons (Fsp3) is 0.188. The summed E-state index contributed by atoms with van der Waals surface area (Å²) in [6.07, 6.45) is 0.129. The van der Waals surface area contributed by atoms with Gasteiger partial charge in [-0.15, -0.1) is 0 Å². The average Bonchev–Trinajstić information content (AvgIpc) is 2.42. The Bertz CT molecular complexity index is 725. The molecule has 0 heterocycles. The lowest BCUT2D eigenvalue weighted by Gasteiger charge is -2.06. The van der Waals surface area contributed by atoms with Crippen LogP contribution < -0.4 is 0 Å². The number of rotatable bonds is 4. The smallest absolute Gasteiger partial charge is 0.281 e. The first kappa shape index (κ1) is 15.2. The molecule has 0 atom stereocenters. The number of nitro groups is 1. The summed E-state index contributed by atoms with van der Waals surface area (Å²) in [5, 5.41) is 11.3. The summed E-state index contributed by atoms with van der Waals surface area (Å²) in [4.78, 5) is 22.7. The van der Waals surface area contributed by atoms with E-state index in [0.29, 0.717) is 0 Å². The fourth-order valence-corrected chi connectivity index (χ4v) is 2.25. The molecular formula is C16H14ClNO3. The second kappa shape index (κ2) is 6.06. The molecule has 0 saturated carbocycles. The largest absolute Gasteiger partial charge is 0.294 e. The van der Waals surface area contributed by atoms with Gasteiger partial charge in [0, 0.05) is 17.5 Å². The molecule has 0 fully saturated rings. The van der Waals surface area contributed by atoms with E-state index in [2.05, 4.69) is 0 Å². The maximum Gasteiger partial charge on any atom is 0.281 e. The predicted molar refractivity (Wildman–Crippen MR) is 82.1 cm³/mol. The standard InChI is InChI=1S/C16H14ClNO3/c1-10-3-4-12(7-11(10)2)8-16(19)14-6-5-13(17)9-15(14)18(20)21/h3-7,9H,8H2,1-2H3. The Morgan fingerprint density at radius 3 is 2.48 bits per heavy atom. The summed E-state index contributed by atoms with van der Waals surface area (Å²) < 4.78 is 0. The van der Waals surface area contributed by atoms with Gasteiger partial charge in [-0.05, 0) is 42.7 Å². The lowest BCUT2D eigenvalue weighted by molar-refractivity contribution is -0.385. The van der Waals surface area contributed by atoms with Gasteiger partial charge in [-0.1, -0.05) is 29.8 Å². The highest BCUT2D eigenvalue weighted by Gasteiger charge is 2.20. The Morgan fingerprint density at radius 1 is 1.14 bits per heavy atom. The number of nitro benzene ring substituents is 1. The molecule has 0 aromatic heterocycles. The van der Waals surface area contributed by atoms with Crippen molar-refractivity contribution in [2.45, 2.75) is 20.3 Å². The normalized spacial score (nSPS) is 10.4. The molecule has 5 heteroatoms. The Morgan fingerprint density at radius 2 is 1.86 bits per heavy atom. The number of nitrogens with zero attached hydrogens (tertiary/aromatic N) is 1. The van der Waals surface area contributed by atoms with Crippen molar-refractivity contribution >= 4 is 23.1 Å². The molecule has 0 aliphatic heterocycles. The van der Waals surface area contributed by atoms with Crippen LogP contribution in [-0.2, 0) is 6.42 Å². The zero-order chi connectivity index (χ0) is 15.6. The molecule has 0 saturated heterocycles. The molecule has 0 unspecified atom stereocenters. The number of ketones is 1. The van der Waals surface area contributed by atoms with E-state index >= 15 is 0 Å². The third-order valence-corrected chi connectivity index (χ3v) is 3.63. The molecule has 0 amide bonds. The second-order valence-electron chi connectivity index (χ2n) is 4.94. The summed E-state index contributed by atoms with van der Waals surface area (Å²) >= 11 is 5.75. The van der Waals surface area contributed by atoms with Crippen LogP contribution in [0.4, 0.5) is 5.69 Å². The van der Waals surface area contributed by atoms with Gasteiger partial charge in [-0.25, -0.2) is 0 Å². The Labute approximate surface area is 127 Å². The van der Waals surface area contributed by atoms with Crippen molar-refractivity contribution < 1.29 is 9.72 Å². The molecule has 0 radical (unpaired) electrons. The van der Waals surface area contributed by atoms with Crippen molar-refractivity contribution in [3.8, 4) is 0 Å². The summed E-state index contributed by atoms with van der Waals surface area (Å²) in [5.74, 6) is -0.290.